The van der Waals surface area contributed by atoms with E-state index in [9.17, 15) is 30.6 Å². The van der Waals surface area contributed by atoms with Crippen LogP contribution in [0, 0.1) is 308 Å². The van der Waals surface area contributed by atoms with Gasteiger partial charge in [-0.25, -0.2) is 0 Å². The fraction of sp³-hybridized carbons (Fsp3) is 1.00. The summed E-state index contributed by atoms with van der Waals surface area (Å²) >= 11 is 0. The molecule has 2 rings (SSSR count). The van der Waals surface area contributed by atoms with Crippen molar-refractivity contribution in [1.82, 2.24) is 0 Å². The average molecular weight is 1960 g/mol. The van der Waals surface area contributed by atoms with Crippen molar-refractivity contribution in [3.63, 3.8) is 0 Å². The minimum absolute atomic E-state index is 0. The summed E-state index contributed by atoms with van der Waals surface area (Å²) in [6.07, 6.45) is -15.4. The molecule has 0 spiro atoms. The fourth-order valence-corrected chi connectivity index (χ4v) is 2.72. The zero-order valence-corrected chi connectivity index (χ0v) is 50.1. The number of ether oxygens (including phenoxy) is 3. The van der Waals surface area contributed by atoms with E-state index in [-0.39, 0.29) is 308 Å². The molecule has 2 heterocycles. The summed E-state index contributed by atoms with van der Waals surface area (Å²) in [6, 6.07) is 0. The molecule has 10 atom stereocenters. The van der Waals surface area contributed by atoms with Gasteiger partial charge in [-0.05, 0) is 5.53 Å². The van der Waals surface area contributed by atoms with E-state index >= 15 is 0 Å². The van der Waals surface area contributed by atoms with Crippen LogP contribution < -0.4 is 0 Å². The molecule has 7 N–H and O–H groups in total. The first-order valence-electron chi connectivity index (χ1n) is 7.48. The number of aliphatic hydroxyl groups excluding tert-OH is 7. The number of aliphatic hydroxyl groups is 7. The Morgan fingerprint density at radius 3 is 1.62 bits per heavy atom. The van der Waals surface area contributed by atoms with Crippen LogP contribution in [0.2, 0.25) is 0 Å². The van der Waals surface area contributed by atoms with Crippen LogP contribution in [0.15, 0.2) is 5.11 Å². The van der Waals surface area contributed by atoms with Crippen LogP contribution in [0.5, 0.6) is 0 Å². The zero-order chi connectivity index (χ0) is 18.7. The van der Waals surface area contributed by atoms with Crippen LogP contribution in [-0.2, 0) is 14.2 Å². The van der Waals surface area contributed by atoms with Gasteiger partial charge in [-0.1, -0.05) is 5.11 Å². The SMILES string of the molecule is [Ac].[Ac].[Ac].[Ac].[Ac].[Ac].[Ac].[N-]=[N+]=N[C@@H]1OC(CO)[C@H](O[C@@H]2OC(CO)[C@H](O)C(O)[C@H]2O)C(O)[C@H]1O. The maximum atomic E-state index is 10.1. The maximum absolute atomic E-state index is 10.1. The van der Waals surface area contributed by atoms with Crippen molar-refractivity contribution in [3.8, 4) is 0 Å². The standard InChI is InChI=1S/C12H21N3O10.7Ac/c13-15-14-11-8(21)7(20)10(4(2-17)23-11)25-12-9(22)6(19)5(18)3(1-16)24-12;;;;;;;/h3-12,16-22H,1-2H2;;;;;;;/t3?,4?,5-,6?,7?,8+,9+,10-,11+,12-;;;;;;;/m0......./s1. The fourth-order valence-electron chi connectivity index (χ4n) is 2.72. The van der Waals surface area contributed by atoms with Gasteiger partial charge >= 0.3 is 0 Å². The van der Waals surface area contributed by atoms with Gasteiger partial charge in [0.25, 0.3) is 0 Å². The summed E-state index contributed by atoms with van der Waals surface area (Å²) in [7, 11) is 0. The second-order valence-corrected chi connectivity index (χ2v) is 5.73. The van der Waals surface area contributed by atoms with Crippen LogP contribution in [0.4, 0.5) is 0 Å². The van der Waals surface area contributed by atoms with Gasteiger partial charge in [0, 0.05) is 313 Å². The summed E-state index contributed by atoms with van der Waals surface area (Å²) < 4.78 is 15.6. The van der Waals surface area contributed by atoms with Gasteiger partial charge < -0.3 is 50.0 Å². The van der Waals surface area contributed by atoms with E-state index in [1.54, 1.807) is 0 Å². The van der Waals surface area contributed by atoms with E-state index < -0.39 is 74.6 Å². The molecule has 4 unspecified atom stereocenters. The summed E-state index contributed by atoms with van der Waals surface area (Å²) in [5.74, 6) is 0. The van der Waals surface area contributed by atoms with Crippen molar-refractivity contribution in [2.45, 2.75) is 61.3 Å². The van der Waals surface area contributed by atoms with E-state index in [0.717, 1.165) is 0 Å². The minimum atomic E-state index is -1.74. The Bertz CT molecular complexity index is 512. The first kappa shape index (κ1) is 53.6. The van der Waals surface area contributed by atoms with Crippen LogP contribution >= 0.6 is 0 Å². The molecule has 32 heavy (non-hydrogen) atoms. The zero-order valence-electron chi connectivity index (χ0n) is 16.9. The molecule has 2 aliphatic heterocycles. The molecule has 2 aliphatic rings. The summed E-state index contributed by atoms with van der Waals surface area (Å²) in [5, 5.41) is 71.1. The molecule has 0 bridgehead atoms. The summed E-state index contributed by atoms with van der Waals surface area (Å²) in [4.78, 5) is 2.46. The molecule has 0 amide bonds. The maximum Gasteiger partial charge on any atom is 0.187 e. The Balaban J connectivity index is -0.000000241. The van der Waals surface area contributed by atoms with Crippen molar-refractivity contribution in [2.75, 3.05) is 13.2 Å². The molecule has 0 aromatic heterocycles. The van der Waals surface area contributed by atoms with E-state index in [0.29, 0.717) is 0 Å². The third kappa shape index (κ3) is 15.6. The predicted octanol–water partition coefficient (Wildman–Crippen LogP) is -4.08. The van der Waals surface area contributed by atoms with E-state index in [4.69, 9.17) is 24.8 Å². The van der Waals surface area contributed by atoms with Gasteiger partial charge in [0.2, 0.25) is 0 Å². The largest absolute Gasteiger partial charge is 0.394 e. The second kappa shape index (κ2) is 28.8. The molecule has 0 aromatic carbocycles. The Kier molecular flexibility index (Phi) is 48.1. The molecule has 20 heteroatoms. The Hall–Kier alpha value is 9.00. The number of rotatable bonds is 5. The second-order valence-electron chi connectivity index (χ2n) is 5.73. The normalized spacial score (nSPS) is 37.5. The number of azide groups is 1. The number of hydrogen-bond donors (Lipinski definition) is 7. The van der Waals surface area contributed by atoms with E-state index in [2.05, 4.69) is 10.0 Å². The molecule has 0 aliphatic carbocycles. The Morgan fingerprint density at radius 1 is 0.688 bits per heavy atom. The number of hydrogen-bond acceptors (Lipinski definition) is 11. The van der Waals surface area contributed by atoms with Gasteiger partial charge in [0.1, 0.15) is 48.8 Å². The molecule has 0 aromatic rings. The van der Waals surface area contributed by atoms with Crippen LogP contribution in [0.1, 0.15) is 0 Å². The Labute approximate surface area is 435 Å². The summed E-state index contributed by atoms with van der Waals surface area (Å²) in [5.41, 5.74) is 8.42. The molecule has 0 saturated carbocycles. The van der Waals surface area contributed by atoms with Crippen molar-refractivity contribution < 1.29 is 358 Å². The molecular formula is C12H21Ac7N3O10. The monoisotopic (exact) mass is 1960 g/mol. The van der Waals surface area contributed by atoms with Crippen LogP contribution in [0.3, 0.4) is 0 Å². The summed E-state index contributed by atoms with van der Waals surface area (Å²) in [6.45, 7) is -1.37. The van der Waals surface area contributed by atoms with Gasteiger partial charge in [-0.15, -0.1) is 0 Å². The van der Waals surface area contributed by atoms with Gasteiger partial charge in [0.15, 0.2) is 12.5 Å². The average Bonchev–Trinajstić information content (AvgIpc) is 2.61. The van der Waals surface area contributed by atoms with Crippen molar-refractivity contribution in [3.05, 3.63) is 10.4 Å². The molecule has 2 saturated heterocycles. The molecule has 13 nitrogen and oxygen atoms in total. The van der Waals surface area contributed by atoms with Crippen LogP contribution in [0.25, 0.3) is 10.4 Å². The molecule has 7 radical (unpaired) electrons. The molecule has 165 valence electrons. The topological polar surface area (TPSA) is 218 Å². The van der Waals surface area contributed by atoms with Gasteiger partial charge in [-0.3, -0.25) is 0 Å². The van der Waals surface area contributed by atoms with Crippen molar-refractivity contribution >= 4 is 0 Å². The van der Waals surface area contributed by atoms with Crippen LogP contribution in [-0.4, -0.2) is 110 Å². The third-order valence-electron chi connectivity index (χ3n) is 4.14. The van der Waals surface area contributed by atoms with Crippen molar-refractivity contribution in [2.24, 2.45) is 5.11 Å². The Morgan fingerprint density at radius 2 is 1.19 bits per heavy atom. The van der Waals surface area contributed by atoms with E-state index in [1.807, 2.05) is 0 Å². The van der Waals surface area contributed by atoms with Crippen molar-refractivity contribution in [1.29, 1.82) is 0 Å². The molecule has 2 fully saturated rings. The smallest absolute Gasteiger partial charge is 0.187 e. The molecular weight excluding hydrogens is 1940 g/mol. The predicted molar refractivity (Wildman–Crippen MR) is 75.5 cm³/mol. The number of nitrogens with zero attached hydrogens (tertiary/aromatic N) is 3. The first-order chi connectivity index (χ1) is 11.8. The van der Waals surface area contributed by atoms with Gasteiger partial charge in [0.05, 0.1) is 13.2 Å². The van der Waals surface area contributed by atoms with Gasteiger partial charge in [-0.2, -0.15) is 0 Å². The first-order valence-corrected chi connectivity index (χ1v) is 7.48. The third-order valence-corrected chi connectivity index (χ3v) is 4.14. The minimum Gasteiger partial charge on any atom is -0.394 e. The van der Waals surface area contributed by atoms with E-state index in [1.165, 1.54) is 0 Å². The quantitative estimate of drug-likeness (QED) is 0.0804.